The number of ether oxygens (including phenoxy) is 1. The highest BCUT2D eigenvalue weighted by atomic mass is 16.5. The lowest BCUT2D eigenvalue weighted by atomic mass is 10.1. The number of carbonyl (C=O) groups is 1. The van der Waals surface area contributed by atoms with Crippen LogP contribution in [0.25, 0.3) is 0 Å². The molecule has 1 amide bonds. The van der Waals surface area contributed by atoms with Crippen molar-refractivity contribution >= 4 is 5.91 Å². The van der Waals surface area contributed by atoms with Crippen LogP contribution < -0.4 is 10.1 Å². The van der Waals surface area contributed by atoms with E-state index in [1.165, 1.54) is 0 Å². The highest BCUT2D eigenvalue weighted by Crippen LogP contribution is 2.19. The van der Waals surface area contributed by atoms with Crippen molar-refractivity contribution < 1.29 is 9.53 Å². The topological polar surface area (TPSA) is 41.6 Å². The van der Waals surface area contributed by atoms with Gasteiger partial charge in [0, 0.05) is 13.6 Å². The molecule has 0 spiro atoms. The Bertz CT molecular complexity index is 453. The van der Waals surface area contributed by atoms with E-state index < -0.39 is 0 Å². The molecule has 1 heterocycles. The van der Waals surface area contributed by atoms with Gasteiger partial charge in [0.05, 0.1) is 13.2 Å². The minimum absolute atomic E-state index is 0.00402. The van der Waals surface area contributed by atoms with E-state index in [9.17, 15) is 4.79 Å². The number of methoxy groups -OCH3 is 1. The molecule has 1 N–H and O–H groups in total. The molecule has 19 heavy (non-hydrogen) atoms. The van der Waals surface area contributed by atoms with Gasteiger partial charge in [-0.2, -0.15) is 0 Å². The minimum Gasteiger partial charge on any atom is -0.496 e. The van der Waals surface area contributed by atoms with E-state index in [2.05, 4.69) is 11.4 Å². The molecular formula is C15H22N2O2. The quantitative estimate of drug-likeness (QED) is 0.898. The smallest absolute Gasteiger partial charge is 0.239 e. The van der Waals surface area contributed by atoms with Crippen molar-refractivity contribution in [3.8, 4) is 5.75 Å². The van der Waals surface area contributed by atoms with Gasteiger partial charge in [0.1, 0.15) is 5.75 Å². The van der Waals surface area contributed by atoms with Crippen molar-refractivity contribution in [1.29, 1.82) is 0 Å². The molecule has 1 aromatic rings. The maximum atomic E-state index is 12.2. The number of hydrogen-bond donors (Lipinski definition) is 1. The standard InChI is InChI=1S/C15H22N2O2/c1-11-9-12(6-7-14(11)19-3)10-17(2)15(18)13-5-4-8-16-13/h6-7,9,13,16H,4-5,8,10H2,1-3H3/t13-/m0/s1. The van der Waals surface area contributed by atoms with Gasteiger partial charge in [0.25, 0.3) is 0 Å². The lowest BCUT2D eigenvalue weighted by Gasteiger charge is -2.21. The molecule has 1 aromatic carbocycles. The normalized spacial score (nSPS) is 18.4. The number of rotatable bonds is 4. The third kappa shape index (κ3) is 3.26. The van der Waals surface area contributed by atoms with E-state index in [-0.39, 0.29) is 11.9 Å². The van der Waals surface area contributed by atoms with Gasteiger partial charge in [0.15, 0.2) is 0 Å². The Kier molecular flexibility index (Phi) is 4.43. The summed E-state index contributed by atoms with van der Waals surface area (Å²) in [6.07, 6.45) is 2.04. The Labute approximate surface area is 114 Å². The van der Waals surface area contributed by atoms with E-state index in [1.54, 1.807) is 12.0 Å². The van der Waals surface area contributed by atoms with Crippen LogP contribution in [0.4, 0.5) is 0 Å². The molecular weight excluding hydrogens is 240 g/mol. The maximum absolute atomic E-state index is 12.2. The van der Waals surface area contributed by atoms with Gasteiger partial charge in [-0.3, -0.25) is 4.79 Å². The monoisotopic (exact) mass is 262 g/mol. The van der Waals surface area contributed by atoms with Crippen molar-refractivity contribution in [3.63, 3.8) is 0 Å². The molecule has 2 rings (SSSR count). The first-order valence-electron chi connectivity index (χ1n) is 6.73. The Balaban J connectivity index is 1.99. The molecule has 0 bridgehead atoms. The summed E-state index contributed by atoms with van der Waals surface area (Å²) in [4.78, 5) is 14.0. The van der Waals surface area contributed by atoms with Crippen LogP contribution in [0, 0.1) is 6.92 Å². The van der Waals surface area contributed by atoms with E-state index in [1.807, 2.05) is 26.1 Å². The van der Waals surface area contributed by atoms with Crippen LogP contribution in [0.5, 0.6) is 5.75 Å². The summed E-state index contributed by atoms with van der Waals surface area (Å²) in [5, 5.41) is 3.24. The van der Waals surface area contributed by atoms with Crippen LogP contribution in [0.15, 0.2) is 18.2 Å². The third-order valence-corrected chi connectivity index (χ3v) is 3.61. The summed E-state index contributed by atoms with van der Waals surface area (Å²) < 4.78 is 5.24. The SMILES string of the molecule is COc1ccc(CN(C)C(=O)[C@@H]2CCCN2)cc1C. The Hall–Kier alpha value is -1.55. The molecule has 4 heteroatoms. The third-order valence-electron chi connectivity index (χ3n) is 3.61. The van der Waals surface area contributed by atoms with Gasteiger partial charge in [-0.25, -0.2) is 0 Å². The Morgan fingerprint density at radius 3 is 2.89 bits per heavy atom. The predicted molar refractivity (Wildman–Crippen MR) is 75.2 cm³/mol. The lowest BCUT2D eigenvalue weighted by molar-refractivity contribution is -0.132. The van der Waals surface area contributed by atoms with E-state index in [4.69, 9.17) is 4.74 Å². The molecule has 1 fully saturated rings. The fraction of sp³-hybridized carbons (Fsp3) is 0.533. The van der Waals surface area contributed by atoms with Crippen LogP contribution in [-0.2, 0) is 11.3 Å². The van der Waals surface area contributed by atoms with Gasteiger partial charge in [-0.1, -0.05) is 12.1 Å². The van der Waals surface area contributed by atoms with E-state index in [0.29, 0.717) is 6.54 Å². The summed E-state index contributed by atoms with van der Waals surface area (Å²) in [5.74, 6) is 1.07. The highest BCUT2D eigenvalue weighted by Gasteiger charge is 2.24. The molecule has 0 radical (unpaired) electrons. The van der Waals surface area contributed by atoms with Crippen LogP contribution in [0.3, 0.4) is 0 Å². The number of carbonyl (C=O) groups excluding carboxylic acids is 1. The fourth-order valence-corrected chi connectivity index (χ4v) is 2.55. The van der Waals surface area contributed by atoms with Crippen molar-refractivity contribution in [3.05, 3.63) is 29.3 Å². The van der Waals surface area contributed by atoms with E-state index >= 15 is 0 Å². The average molecular weight is 262 g/mol. The van der Waals surface area contributed by atoms with E-state index in [0.717, 1.165) is 36.3 Å². The Morgan fingerprint density at radius 1 is 1.53 bits per heavy atom. The van der Waals surface area contributed by atoms with Crippen LogP contribution in [0.1, 0.15) is 24.0 Å². The van der Waals surface area contributed by atoms with Gasteiger partial charge in [-0.05, 0) is 43.5 Å². The zero-order valence-corrected chi connectivity index (χ0v) is 11.9. The van der Waals surface area contributed by atoms with Crippen LogP contribution in [-0.4, -0.2) is 37.6 Å². The zero-order chi connectivity index (χ0) is 13.8. The van der Waals surface area contributed by atoms with Crippen molar-refractivity contribution in [2.24, 2.45) is 0 Å². The number of nitrogens with zero attached hydrogens (tertiary/aromatic N) is 1. The molecule has 1 saturated heterocycles. The van der Waals surface area contributed by atoms with Crippen molar-refractivity contribution in [1.82, 2.24) is 10.2 Å². The molecule has 1 atom stereocenters. The lowest BCUT2D eigenvalue weighted by Crippen LogP contribution is -2.41. The molecule has 0 saturated carbocycles. The molecule has 104 valence electrons. The second-order valence-corrected chi connectivity index (χ2v) is 5.15. The van der Waals surface area contributed by atoms with Crippen molar-refractivity contribution in [2.45, 2.75) is 32.4 Å². The number of benzene rings is 1. The van der Waals surface area contributed by atoms with Gasteiger partial charge < -0.3 is 15.0 Å². The summed E-state index contributed by atoms with van der Waals surface area (Å²) in [6, 6.07) is 6.04. The summed E-state index contributed by atoms with van der Waals surface area (Å²) >= 11 is 0. The number of amides is 1. The fourth-order valence-electron chi connectivity index (χ4n) is 2.55. The number of nitrogens with one attached hydrogen (secondary N) is 1. The van der Waals surface area contributed by atoms with Gasteiger partial charge >= 0.3 is 0 Å². The maximum Gasteiger partial charge on any atom is 0.239 e. The van der Waals surface area contributed by atoms with Crippen LogP contribution >= 0.6 is 0 Å². The molecule has 0 aromatic heterocycles. The molecule has 0 unspecified atom stereocenters. The first kappa shape index (κ1) is 13.9. The van der Waals surface area contributed by atoms with Crippen molar-refractivity contribution in [2.75, 3.05) is 20.7 Å². The van der Waals surface area contributed by atoms with Gasteiger partial charge in [-0.15, -0.1) is 0 Å². The highest BCUT2D eigenvalue weighted by molar-refractivity contribution is 5.81. The second kappa shape index (κ2) is 6.06. The predicted octanol–water partition coefficient (Wildman–Crippen LogP) is 1.71. The van der Waals surface area contributed by atoms with Gasteiger partial charge in [0.2, 0.25) is 5.91 Å². The zero-order valence-electron chi connectivity index (χ0n) is 11.9. The summed E-state index contributed by atoms with van der Waals surface area (Å²) in [5.41, 5.74) is 2.23. The first-order chi connectivity index (χ1) is 9.11. The number of likely N-dealkylation sites (N-methyl/N-ethyl adjacent to an activating group) is 1. The summed E-state index contributed by atoms with van der Waals surface area (Å²) in [6.45, 7) is 3.61. The largest absolute Gasteiger partial charge is 0.496 e. The number of aryl methyl sites for hydroxylation is 1. The Morgan fingerprint density at radius 2 is 2.32 bits per heavy atom. The number of hydrogen-bond acceptors (Lipinski definition) is 3. The second-order valence-electron chi connectivity index (χ2n) is 5.15. The van der Waals surface area contributed by atoms with Crippen LogP contribution in [0.2, 0.25) is 0 Å². The minimum atomic E-state index is 0.00402. The first-order valence-corrected chi connectivity index (χ1v) is 6.73. The molecule has 1 aliphatic rings. The molecule has 0 aliphatic carbocycles. The molecule has 4 nitrogen and oxygen atoms in total. The summed E-state index contributed by atoms with van der Waals surface area (Å²) in [7, 11) is 3.53. The average Bonchev–Trinajstić information content (AvgIpc) is 2.92. The molecule has 1 aliphatic heterocycles.